The van der Waals surface area contributed by atoms with Crippen LogP contribution in [0, 0.1) is 17.9 Å². The van der Waals surface area contributed by atoms with E-state index in [1.54, 1.807) is 18.2 Å². The normalized spacial score (nSPS) is 9.08. The van der Waals surface area contributed by atoms with Crippen LogP contribution in [0.25, 0.3) is 0 Å². The Labute approximate surface area is 70.8 Å². The predicted molar refractivity (Wildman–Crippen MR) is 43.0 cm³/mol. The van der Waals surface area contributed by atoms with Crippen molar-refractivity contribution in [2.45, 2.75) is 0 Å². The van der Waals surface area contributed by atoms with Gasteiger partial charge in [-0.05, 0) is 18.2 Å². The molecule has 0 aliphatic carbocycles. The van der Waals surface area contributed by atoms with Crippen LogP contribution in [0.3, 0.4) is 0 Å². The van der Waals surface area contributed by atoms with Crippen LogP contribution in [0.4, 0.5) is 0 Å². The molecular formula is C9H8NO2. The molecule has 1 aromatic rings. The van der Waals surface area contributed by atoms with Gasteiger partial charge in [0.15, 0.2) is 0 Å². The molecular weight excluding hydrogens is 154 g/mol. The van der Waals surface area contributed by atoms with Crippen LogP contribution in [-0.2, 0) is 0 Å². The van der Waals surface area contributed by atoms with Gasteiger partial charge in [-0.1, -0.05) is 0 Å². The van der Waals surface area contributed by atoms with Crippen LogP contribution in [0.2, 0.25) is 0 Å². The summed E-state index contributed by atoms with van der Waals surface area (Å²) in [6.45, 7) is 0.890. The Morgan fingerprint density at radius 3 is 2.83 bits per heavy atom. The Bertz CT molecular complexity index is 315. The standard InChI is InChI=1S/C9H8NO2/c1-12-9-3-2-7(5-10)8(4-9)6-11/h2-4,6,11H,1H3. The molecule has 0 fully saturated rings. The molecule has 1 N–H and O–H groups in total. The van der Waals surface area contributed by atoms with Gasteiger partial charge in [0.05, 0.1) is 18.7 Å². The highest BCUT2D eigenvalue weighted by Crippen LogP contribution is 2.17. The zero-order valence-corrected chi connectivity index (χ0v) is 6.61. The lowest BCUT2D eigenvalue weighted by Crippen LogP contribution is -1.89. The maximum Gasteiger partial charge on any atom is 0.119 e. The van der Waals surface area contributed by atoms with Crippen molar-refractivity contribution in [3.63, 3.8) is 0 Å². The van der Waals surface area contributed by atoms with Crippen LogP contribution in [0.15, 0.2) is 18.2 Å². The van der Waals surface area contributed by atoms with Gasteiger partial charge in [-0.15, -0.1) is 0 Å². The summed E-state index contributed by atoms with van der Waals surface area (Å²) >= 11 is 0. The number of ether oxygens (including phenoxy) is 1. The lowest BCUT2D eigenvalue weighted by molar-refractivity contribution is 0.404. The van der Waals surface area contributed by atoms with Crippen molar-refractivity contribution in [2.24, 2.45) is 0 Å². The third-order valence-electron chi connectivity index (χ3n) is 1.52. The number of rotatable bonds is 2. The number of hydrogen-bond acceptors (Lipinski definition) is 3. The molecule has 0 aliphatic rings. The SMILES string of the molecule is COc1ccc(C#N)c([CH]O)c1. The van der Waals surface area contributed by atoms with E-state index < -0.39 is 0 Å². The van der Waals surface area contributed by atoms with E-state index in [0.29, 0.717) is 16.9 Å². The van der Waals surface area contributed by atoms with Crippen LogP contribution < -0.4 is 4.74 Å². The fraction of sp³-hybridized carbons (Fsp3) is 0.111. The van der Waals surface area contributed by atoms with Crippen LogP contribution in [0.1, 0.15) is 11.1 Å². The highest BCUT2D eigenvalue weighted by atomic mass is 16.5. The van der Waals surface area contributed by atoms with E-state index in [0.717, 1.165) is 6.61 Å². The topological polar surface area (TPSA) is 53.2 Å². The van der Waals surface area contributed by atoms with Crippen molar-refractivity contribution in [3.8, 4) is 11.8 Å². The summed E-state index contributed by atoms with van der Waals surface area (Å²) in [4.78, 5) is 0. The minimum atomic E-state index is 0.429. The molecule has 0 saturated heterocycles. The molecule has 61 valence electrons. The second-order valence-corrected chi connectivity index (χ2v) is 2.19. The zero-order chi connectivity index (χ0) is 8.97. The first-order valence-corrected chi connectivity index (χ1v) is 3.37. The van der Waals surface area contributed by atoms with E-state index >= 15 is 0 Å². The molecule has 0 atom stereocenters. The molecule has 0 heterocycles. The summed E-state index contributed by atoms with van der Waals surface area (Å²) in [5.41, 5.74) is 0.898. The maximum absolute atomic E-state index is 8.74. The van der Waals surface area contributed by atoms with E-state index in [1.807, 2.05) is 6.07 Å². The van der Waals surface area contributed by atoms with Crippen molar-refractivity contribution in [1.82, 2.24) is 0 Å². The molecule has 3 heteroatoms. The molecule has 1 aromatic carbocycles. The van der Waals surface area contributed by atoms with Crippen molar-refractivity contribution < 1.29 is 9.84 Å². The quantitative estimate of drug-likeness (QED) is 0.716. The zero-order valence-electron chi connectivity index (χ0n) is 6.61. The van der Waals surface area contributed by atoms with E-state index in [1.165, 1.54) is 7.11 Å². The predicted octanol–water partition coefficient (Wildman–Crippen LogP) is 1.45. The molecule has 1 radical (unpaired) electrons. The highest BCUT2D eigenvalue weighted by molar-refractivity contribution is 5.45. The molecule has 0 spiro atoms. The second kappa shape index (κ2) is 3.74. The van der Waals surface area contributed by atoms with Crippen molar-refractivity contribution in [3.05, 3.63) is 35.9 Å². The number of nitrogens with zero attached hydrogens (tertiary/aromatic N) is 1. The molecule has 0 saturated carbocycles. The summed E-state index contributed by atoms with van der Waals surface area (Å²) in [6.07, 6.45) is 0. The van der Waals surface area contributed by atoms with Gasteiger partial charge in [-0.2, -0.15) is 5.26 Å². The number of aliphatic hydroxyl groups excluding tert-OH is 1. The third kappa shape index (κ3) is 1.55. The monoisotopic (exact) mass is 162 g/mol. The van der Waals surface area contributed by atoms with Gasteiger partial charge in [0, 0.05) is 5.56 Å². The van der Waals surface area contributed by atoms with Crippen LogP contribution in [0.5, 0.6) is 5.75 Å². The van der Waals surface area contributed by atoms with Crippen molar-refractivity contribution in [1.29, 1.82) is 5.26 Å². The number of nitriles is 1. The molecule has 0 aliphatic heterocycles. The molecule has 3 nitrogen and oxygen atoms in total. The summed E-state index contributed by atoms with van der Waals surface area (Å²) in [5.74, 6) is 0.620. The molecule has 0 amide bonds. The molecule has 1 rings (SSSR count). The Morgan fingerprint density at radius 2 is 2.33 bits per heavy atom. The fourth-order valence-corrected chi connectivity index (χ4v) is 0.876. The summed E-state index contributed by atoms with van der Waals surface area (Å²) < 4.78 is 4.92. The van der Waals surface area contributed by atoms with Crippen molar-refractivity contribution in [2.75, 3.05) is 7.11 Å². The van der Waals surface area contributed by atoms with Crippen LogP contribution >= 0.6 is 0 Å². The number of methoxy groups -OCH3 is 1. The Morgan fingerprint density at radius 1 is 1.58 bits per heavy atom. The van der Waals surface area contributed by atoms with Gasteiger partial charge in [0.25, 0.3) is 0 Å². The highest BCUT2D eigenvalue weighted by Gasteiger charge is 2.02. The van der Waals surface area contributed by atoms with Gasteiger partial charge < -0.3 is 9.84 Å². The summed E-state index contributed by atoms with van der Waals surface area (Å²) in [7, 11) is 1.53. The van der Waals surface area contributed by atoms with E-state index in [9.17, 15) is 0 Å². The molecule has 0 aromatic heterocycles. The number of benzene rings is 1. The minimum absolute atomic E-state index is 0.429. The smallest absolute Gasteiger partial charge is 0.119 e. The van der Waals surface area contributed by atoms with E-state index in [4.69, 9.17) is 15.1 Å². The van der Waals surface area contributed by atoms with E-state index in [-0.39, 0.29) is 0 Å². The molecule has 0 unspecified atom stereocenters. The van der Waals surface area contributed by atoms with Gasteiger partial charge in [0.2, 0.25) is 0 Å². The van der Waals surface area contributed by atoms with E-state index in [2.05, 4.69) is 0 Å². The maximum atomic E-state index is 8.74. The summed E-state index contributed by atoms with van der Waals surface area (Å²) in [5, 5.41) is 17.3. The van der Waals surface area contributed by atoms with Gasteiger partial charge in [0.1, 0.15) is 12.4 Å². The first-order chi connectivity index (χ1) is 5.81. The Kier molecular flexibility index (Phi) is 2.67. The van der Waals surface area contributed by atoms with Crippen LogP contribution in [-0.4, -0.2) is 12.2 Å². The fourth-order valence-electron chi connectivity index (χ4n) is 0.876. The first-order valence-electron chi connectivity index (χ1n) is 3.37. The number of hydrogen-bond donors (Lipinski definition) is 1. The Balaban J connectivity index is 3.13. The lowest BCUT2D eigenvalue weighted by atomic mass is 10.1. The minimum Gasteiger partial charge on any atom is -0.497 e. The first kappa shape index (κ1) is 8.57. The largest absolute Gasteiger partial charge is 0.497 e. The Hall–Kier alpha value is -1.53. The van der Waals surface area contributed by atoms with Gasteiger partial charge in [-0.25, -0.2) is 0 Å². The average molecular weight is 162 g/mol. The molecule has 12 heavy (non-hydrogen) atoms. The second-order valence-electron chi connectivity index (χ2n) is 2.19. The van der Waals surface area contributed by atoms with Crippen molar-refractivity contribution >= 4 is 0 Å². The third-order valence-corrected chi connectivity index (χ3v) is 1.52. The number of aliphatic hydroxyl groups is 1. The summed E-state index contributed by atoms with van der Waals surface area (Å²) in [6, 6.07) is 6.82. The van der Waals surface area contributed by atoms with Gasteiger partial charge >= 0.3 is 0 Å². The molecule has 0 bridgehead atoms. The van der Waals surface area contributed by atoms with Gasteiger partial charge in [-0.3, -0.25) is 0 Å². The average Bonchev–Trinajstić information content (AvgIpc) is 2.16. The lowest BCUT2D eigenvalue weighted by Gasteiger charge is -2.02.